The fourth-order valence-corrected chi connectivity index (χ4v) is 3.76. The molecule has 9 heteroatoms. The summed E-state index contributed by atoms with van der Waals surface area (Å²) in [5, 5.41) is 0. The molecule has 6 nitrogen and oxygen atoms in total. The van der Waals surface area contributed by atoms with Crippen LogP contribution in [0.5, 0.6) is 0 Å². The number of carbonyl (C=O) groups excluding carboxylic acids is 1. The number of hydrogen-bond acceptors (Lipinski definition) is 4. The van der Waals surface area contributed by atoms with Crippen LogP contribution in [-0.2, 0) is 19.1 Å². The van der Waals surface area contributed by atoms with Gasteiger partial charge < -0.3 is 9.47 Å². The van der Waals surface area contributed by atoms with Crippen LogP contribution in [0.3, 0.4) is 0 Å². The summed E-state index contributed by atoms with van der Waals surface area (Å²) in [7, 11) is 0. The molecule has 0 bridgehead atoms. The molecule has 1 saturated heterocycles. The summed E-state index contributed by atoms with van der Waals surface area (Å²) >= 11 is 0. The number of nitrogens with zero attached hydrogens (tertiary/aromatic N) is 5. The van der Waals surface area contributed by atoms with E-state index in [1.165, 1.54) is 0 Å². The van der Waals surface area contributed by atoms with E-state index in [1.54, 1.807) is 30.4 Å². The van der Waals surface area contributed by atoms with Crippen molar-refractivity contribution in [3.63, 3.8) is 0 Å². The number of imidazole rings is 1. The second kappa shape index (κ2) is 8.49. The molecule has 1 atom stereocenters. The Kier molecular flexibility index (Phi) is 5.75. The Hall–Kier alpha value is -3.23. The van der Waals surface area contributed by atoms with Crippen molar-refractivity contribution in [3.05, 3.63) is 77.4 Å². The van der Waals surface area contributed by atoms with E-state index in [1.807, 2.05) is 29.0 Å². The highest BCUT2D eigenvalue weighted by atomic mass is 19.4. The van der Waals surface area contributed by atoms with Crippen molar-refractivity contribution >= 4 is 5.91 Å². The van der Waals surface area contributed by atoms with Crippen LogP contribution in [0.25, 0.3) is 0 Å². The molecule has 1 fully saturated rings. The molecule has 4 rings (SSSR count). The minimum absolute atomic E-state index is 0.141. The second-order valence-electron chi connectivity index (χ2n) is 7.63. The van der Waals surface area contributed by atoms with Gasteiger partial charge >= 0.3 is 6.18 Å². The maximum Gasteiger partial charge on any atom is 0.433 e. The molecule has 3 heterocycles. The Bertz CT molecular complexity index is 1070. The minimum Gasteiger partial charge on any atom is -0.338 e. The highest BCUT2D eigenvalue weighted by Gasteiger charge is 2.36. The van der Waals surface area contributed by atoms with Crippen LogP contribution in [0.2, 0.25) is 0 Å². The summed E-state index contributed by atoms with van der Waals surface area (Å²) in [4.78, 5) is 26.8. The van der Waals surface area contributed by atoms with E-state index in [4.69, 9.17) is 0 Å². The van der Waals surface area contributed by atoms with Crippen molar-refractivity contribution in [2.24, 2.45) is 0 Å². The largest absolute Gasteiger partial charge is 0.433 e. The van der Waals surface area contributed by atoms with Gasteiger partial charge in [-0.05, 0) is 36.6 Å². The molecule has 162 valence electrons. The third kappa shape index (κ3) is 4.76. The highest BCUT2D eigenvalue weighted by molar-refractivity contribution is 5.94. The molecule has 0 saturated carbocycles. The molecule has 1 aromatic carbocycles. The van der Waals surface area contributed by atoms with Crippen LogP contribution >= 0.6 is 0 Å². The number of amides is 1. The van der Waals surface area contributed by atoms with Crippen molar-refractivity contribution in [1.82, 2.24) is 24.4 Å². The molecule has 31 heavy (non-hydrogen) atoms. The number of likely N-dealkylation sites (tertiary alicyclic amines) is 1. The molecule has 2 aromatic heterocycles. The van der Waals surface area contributed by atoms with Crippen molar-refractivity contribution in [3.8, 4) is 0 Å². The number of carbonyl (C=O) groups is 1. The van der Waals surface area contributed by atoms with Crippen molar-refractivity contribution in [1.29, 1.82) is 0 Å². The number of benzene rings is 1. The maximum atomic E-state index is 13.2. The average Bonchev–Trinajstić information content (AvgIpc) is 3.45. The molecule has 0 aliphatic carbocycles. The molecule has 3 aromatic rings. The summed E-state index contributed by atoms with van der Waals surface area (Å²) in [6, 6.07) is 8.35. The van der Waals surface area contributed by atoms with Crippen LogP contribution in [-0.4, -0.2) is 43.4 Å². The van der Waals surface area contributed by atoms with Crippen LogP contribution in [0.4, 0.5) is 13.2 Å². The highest BCUT2D eigenvalue weighted by Crippen LogP contribution is 2.31. The Morgan fingerprint density at radius 2 is 2.06 bits per heavy atom. The zero-order valence-corrected chi connectivity index (χ0v) is 17.0. The lowest BCUT2D eigenvalue weighted by atomic mass is 10.1. The quantitative estimate of drug-likeness (QED) is 0.617. The molecule has 0 unspecified atom stereocenters. The second-order valence-corrected chi connectivity index (χ2v) is 7.63. The monoisotopic (exact) mass is 429 g/mol. The zero-order valence-electron chi connectivity index (χ0n) is 17.0. The first kappa shape index (κ1) is 21.0. The number of hydrogen-bond donors (Lipinski definition) is 0. The number of aryl methyl sites for hydroxylation is 1. The Morgan fingerprint density at radius 3 is 2.77 bits per heavy atom. The molecule has 0 N–H and O–H groups in total. The van der Waals surface area contributed by atoms with Crippen molar-refractivity contribution < 1.29 is 18.0 Å². The number of alkyl halides is 3. The Labute approximate surface area is 177 Å². The molecule has 1 amide bonds. The van der Waals surface area contributed by atoms with Crippen LogP contribution < -0.4 is 0 Å². The Balaban J connectivity index is 1.50. The van der Waals surface area contributed by atoms with Gasteiger partial charge in [-0.2, -0.15) is 13.2 Å². The van der Waals surface area contributed by atoms with Gasteiger partial charge in [-0.1, -0.05) is 19.1 Å². The van der Waals surface area contributed by atoms with Crippen LogP contribution in [0.15, 0.2) is 49.1 Å². The first-order valence-electron chi connectivity index (χ1n) is 10.1. The molecular formula is C22H22F3N5O. The third-order valence-electron chi connectivity index (χ3n) is 5.39. The molecular weight excluding hydrogens is 407 g/mol. The average molecular weight is 429 g/mol. The van der Waals surface area contributed by atoms with Gasteiger partial charge in [0.25, 0.3) is 5.91 Å². The lowest BCUT2D eigenvalue weighted by molar-refractivity contribution is -0.141. The fraction of sp³-hybridized carbons (Fsp3) is 0.364. The predicted octanol–water partition coefficient (Wildman–Crippen LogP) is 3.93. The summed E-state index contributed by atoms with van der Waals surface area (Å²) in [5.74, 6) is -0.292. The van der Waals surface area contributed by atoms with E-state index in [9.17, 15) is 18.0 Å². The van der Waals surface area contributed by atoms with Gasteiger partial charge in [-0.25, -0.2) is 15.0 Å². The van der Waals surface area contributed by atoms with E-state index in [0.717, 1.165) is 11.6 Å². The third-order valence-corrected chi connectivity index (χ3v) is 5.39. The summed E-state index contributed by atoms with van der Waals surface area (Å²) in [6.45, 7) is 3.11. The maximum absolute atomic E-state index is 13.2. The topological polar surface area (TPSA) is 63.9 Å². The Morgan fingerprint density at radius 1 is 1.23 bits per heavy atom. The van der Waals surface area contributed by atoms with Gasteiger partial charge in [0.15, 0.2) is 0 Å². The molecule has 0 radical (unpaired) electrons. The van der Waals surface area contributed by atoms with E-state index >= 15 is 0 Å². The number of halogens is 3. The smallest absolute Gasteiger partial charge is 0.338 e. The van der Waals surface area contributed by atoms with E-state index in [-0.39, 0.29) is 17.6 Å². The minimum atomic E-state index is -4.52. The van der Waals surface area contributed by atoms with Gasteiger partial charge in [-0.15, -0.1) is 0 Å². The van der Waals surface area contributed by atoms with Gasteiger partial charge in [0.05, 0.1) is 6.33 Å². The van der Waals surface area contributed by atoms with E-state index in [0.29, 0.717) is 43.7 Å². The number of aromatic nitrogens is 4. The predicted molar refractivity (Wildman–Crippen MR) is 107 cm³/mol. The van der Waals surface area contributed by atoms with Gasteiger partial charge in [0, 0.05) is 49.2 Å². The van der Waals surface area contributed by atoms with Gasteiger partial charge in [0.1, 0.15) is 11.5 Å². The standard InChI is InChI=1S/C22H22F3N5O/c1-2-18-11-19(22(23,24)25)28-20(27-18)17-6-8-30(13-17)21(31)16-5-3-4-15(10-16)12-29-9-7-26-14-29/h3-5,7,9-11,14,17H,2,6,8,12-13H2,1H3/t17-/m0/s1. The summed E-state index contributed by atoms with van der Waals surface area (Å²) in [5.41, 5.74) is 0.950. The van der Waals surface area contributed by atoms with Crippen LogP contribution in [0.1, 0.15) is 52.4 Å². The first-order chi connectivity index (χ1) is 14.8. The lowest BCUT2D eigenvalue weighted by Crippen LogP contribution is -2.29. The SMILES string of the molecule is CCc1cc(C(F)(F)F)nc([C@H]2CCN(C(=O)c3cccc(Cn4ccnc4)c3)C2)n1. The first-order valence-corrected chi connectivity index (χ1v) is 10.1. The van der Waals surface area contributed by atoms with Crippen LogP contribution in [0, 0.1) is 0 Å². The lowest BCUT2D eigenvalue weighted by Gasteiger charge is -2.17. The van der Waals surface area contributed by atoms with Crippen molar-refractivity contribution in [2.45, 2.75) is 38.4 Å². The molecule has 1 aliphatic rings. The molecule has 1 aliphatic heterocycles. The summed E-state index contributed by atoms with van der Waals surface area (Å²) in [6.07, 6.45) is 1.64. The van der Waals surface area contributed by atoms with E-state index < -0.39 is 11.9 Å². The summed E-state index contributed by atoms with van der Waals surface area (Å²) < 4.78 is 41.5. The number of rotatable bonds is 5. The normalized spacial score (nSPS) is 16.6. The molecule has 0 spiro atoms. The van der Waals surface area contributed by atoms with Gasteiger partial charge in [0.2, 0.25) is 0 Å². The van der Waals surface area contributed by atoms with Gasteiger partial charge in [-0.3, -0.25) is 4.79 Å². The fourth-order valence-electron chi connectivity index (χ4n) is 3.76. The van der Waals surface area contributed by atoms with Crippen molar-refractivity contribution in [2.75, 3.05) is 13.1 Å². The zero-order chi connectivity index (χ0) is 22.0. The van der Waals surface area contributed by atoms with E-state index in [2.05, 4.69) is 15.0 Å².